The number of nitrogen functional groups attached to an aromatic ring is 1. The zero-order valence-electron chi connectivity index (χ0n) is 21.5. The van der Waals surface area contributed by atoms with Gasteiger partial charge in [-0.1, -0.05) is 30.3 Å². The number of carbonyl (C=O) groups excluding carboxylic acids is 2. The summed E-state index contributed by atoms with van der Waals surface area (Å²) in [6, 6.07) is 17.8. The Morgan fingerprint density at radius 2 is 1.85 bits per heavy atom. The molecule has 12 heteroatoms. The van der Waals surface area contributed by atoms with Crippen LogP contribution in [0, 0.1) is 18.3 Å². The number of rotatable bonds is 6. The third kappa shape index (κ3) is 5.33. The molecule has 2 aromatic heterocycles. The van der Waals surface area contributed by atoms with Crippen LogP contribution in [-0.2, 0) is 25.4 Å². The van der Waals surface area contributed by atoms with Crippen LogP contribution in [0.4, 0.5) is 11.5 Å². The number of fused-ring (bicyclic) bond motifs is 1. The summed E-state index contributed by atoms with van der Waals surface area (Å²) in [6.07, 6.45) is 4.94. The molecule has 0 bridgehead atoms. The van der Waals surface area contributed by atoms with Gasteiger partial charge in [0.15, 0.2) is 5.54 Å². The lowest BCUT2D eigenvalue weighted by atomic mass is 9.94. The highest BCUT2D eigenvalue weighted by Gasteiger charge is 2.50. The summed E-state index contributed by atoms with van der Waals surface area (Å²) in [5.41, 5.74) is 8.58. The Hall–Kier alpha value is -4.86. The number of nitriles is 1. The number of aryl methyl sites for hydroxylation is 1. The van der Waals surface area contributed by atoms with Gasteiger partial charge in [0.25, 0.3) is 0 Å². The molecule has 11 nitrogen and oxygen atoms in total. The van der Waals surface area contributed by atoms with Crippen molar-refractivity contribution in [2.24, 2.45) is 0 Å². The number of hydrogen-bond acceptors (Lipinski definition) is 8. The molecular weight excluding hydrogens is 530 g/mol. The zero-order valence-corrected chi connectivity index (χ0v) is 22.3. The molecule has 1 aliphatic heterocycles. The van der Waals surface area contributed by atoms with Gasteiger partial charge in [0.05, 0.1) is 24.9 Å². The Kier molecular flexibility index (Phi) is 6.93. The van der Waals surface area contributed by atoms with E-state index in [-0.39, 0.29) is 24.7 Å². The van der Waals surface area contributed by atoms with Crippen LogP contribution in [0.3, 0.4) is 0 Å². The van der Waals surface area contributed by atoms with Crippen molar-refractivity contribution in [2.75, 3.05) is 24.1 Å². The number of amides is 2. The minimum absolute atomic E-state index is 0.110. The predicted octanol–water partition coefficient (Wildman–Crippen LogP) is 2.35. The first-order valence-corrected chi connectivity index (χ1v) is 13.9. The topological polar surface area (TPSA) is 171 Å². The number of aromatic nitrogens is 2. The molecule has 2 amide bonds. The standard InChI is InChI=1S/C28H25N7O4S/c1-18-7-8-31-12-22(18)20-9-21-11-25(32-13-23(21)24(30)10-20)33-26(36)27(37)34-28(15-29)16-35(17-28)40(38,39)14-19-5-3-2-4-6-19/h2-13H,14,16-17,30H2,1H3,(H,34,37)(H,32,33,36). The second kappa shape index (κ2) is 10.4. The maximum atomic E-state index is 12.7. The van der Waals surface area contributed by atoms with Crippen LogP contribution in [0.1, 0.15) is 11.1 Å². The molecule has 0 atom stereocenters. The lowest BCUT2D eigenvalue weighted by Crippen LogP contribution is -2.71. The molecule has 4 N–H and O–H groups in total. The average molecular weight is 556 g/mol. The van der Waals surface area contributed by atoms with Crippen LogP contribution in [0.15, 0.2) is 73.2 Å². The number of pyridine rings is 2. The molecule has 0 aliphatic carbocycles. The molecule has 40 heavy (non-hydrogen) atoms. The van der Waals surface area contributed by atoms with Gasteiger partial charge < -0.3 is 16.4 Å². The summed E-state index contributed by atoms with van der Waals surface area (Å²) in [5.74, 6) is -2.25. The Morgan fingerprint density at radius 3 is 2.55 bits per heavy atom. The molecule has 5 rings (SSSR count). The lowest BCUT2D eigenvalue weighted by molar-refractivity contribution is -0.137. The predicted molar refractivity (Wildman–Crippen MR) is 150 cm³/mol. The van der Waals surface area contributed by atoms with Crippen molar-refractivity contribution in [3.8, 4) is 17.2 Å². The van der Waals surface area contributed by atoms with E-state index in [1.807, 2.05) is 31.2 Å². The van der Waals surface area contributed by atoms with Crippen LogP contribution in [-0.4, -0.2) is 53.1 Å². The van der Waals surface area contributed by atoms with Crippen molar-refractivity contribution in [1.82, 2.24) is 19.6 Å². The average Bonchev–Trinajstić information content (AvgIpc) is 2.90. The van der Waals surface area contributed by atoms with Gasteiger partial charge in [0.1, 0.15) is 5.82 Å². The van der Waals surface area contributed by atoms with Crippen molar-refractivity contribution < 1.29 is 18.0 Å². The molecular formula is C28H25N7O4S. The molecule has 2 aromatic carbocycles. The fourth-order valence-electron chi connectivity index (χ4n) is 4.53. The van der Waals surface area contributed by atoms with Crippen LogP contribution in [0.2, 0.25) is 0 Å². The van der Waals surface area contributed by atoms with Gasteiger partial charge in [-0.25, -0.2) is 13.4 Å². The molecule has 0 saturated carbocycles. The smallest absolute Gasteiger partial charge is 0.314 e. The van der Waals surface area contributed by atoms with Crippen molar-refractivity contribution >= 4 is 44.1 Å². The molecule has 202 valence electrons. The van der Waals surface area contributed by atoms with Crippen LogP contribution >= 0.6 is 0 Å². The normalized spacial score (nSPS) is 14.6. The summed E-state index contributed by atoms with van der Waals surface area (Å²) in [5, 5.41) is 15.8. The first-order valence-electron chi connectivity index (χ1n) is 12.3. The van der Waals surface area contributed by atoms with Gasteiger partial charge in [0.2, 0.25) is 10.0 Å². The lowest BCUT2D eigenvalue weighted by Gasteiger charge is -2.44. The minimum atomic E-state index is -3.71. The van der Waals surface area contributed by atoms with Crippen LogP contribution in [0.5, 0.6) is 0 Å². The van der Waals surface area contributed by atoms with Crippen LogP contribution < -0.4 is 16.4 Å². The summed E-state index contributed by atoms with van der Waals surface area (Å²) in [4.78, 5) is 33.7. The van der Waals surface area contributed by atoms with E-state index in [2.05, 4.69) is 20.6 Å². The number of anilines is 2. The van der Waals surface area contributed by atoms with E-state index in [0.29, 0.717) is 22.0 Å². The summed E-state index contributed by atoms with van der Waals surface area (Å²) >= 11 is 0. The van der Waals surface area contributed by atoms with E-state index >= 15 is 0 Å². The molecule has 0 radical (unpaired) electrons. The molecule has 4 aromatic rings. The van der Waals surface area contributed by atoms with E-state index in [1.165, 1.54) is 6.20 Å². The van der Waals surface area contributed by atoms with Gasteiger partial charge in [-0.3, -0.25) is 14.6 Å². The number of nitrogens with zero attached hydrogens (tertiary/aromatic N) is 4. The molecule has 1 fully saturated rings. The number of nitrogens with two attached hydrogens (primary N) is 1. The van der Waals surface area contributed by atoms with Crippen molar-refractivity contribution in [1.29, 1.82) is 5.26 Å². The fourth-order valence-corrected chi connectivity index (χ4v) is 6.16. The Morgan fingerprint density at radius 1 is 1.10 bits per heavy atom. The maximum absolute atomic E-state index is 12.7. The Labute approximate surface area is 230 Å². The minimum Gasteiger partial charge on any atom is -0.398 e. The Balaban J connectivity index is 1.26. The van der Waals surface area contributed by atoms with E-state index in [9.17, 15) is 23.3 Å². The van der Waals surface area contributed by atoms with E-state index in [4.69, 9.17) is 5.73 Å². The van der Waals surface area contributed by atoms with Crippen molar-refractivity contribution in [3.05, 3.63) is 84.3 Å². The maximum Gasteiger partial charge on any atom is 0.314 e. The first-order chi connectivity index (χ1) is 19.1. The first kappa shape index (κ1) is 26.7. The SMILES string of the molecule is Cc1ccncc1-c1cc(N)c2cnc(NC(=O)C(=O)NC3(C#N)CN(S(=O)(=O)Cc4ccccc4)C3)cc2c1. The summed E-state index contributed by atoms with van der Waals surface area (Å²) in [6.45, 7) is 1.44. The Bertz CT molecular complexity index is 1780. The largest absolute Gasteiger partial charge is 0.398 e. The van der Waals surface area contributed by atoms with Crippen LogP contribution in [0.25, 0.3) is 21.9 Å². The number of hydrogen-bond donors (Lipinski definition) is 3. The summed E-state index contributed by atoms with van der Waals surface area (Å²) < 4.78 is 26.5. The third-order valence-corrected chi connectivity index (χ3v) is 8.45. The van der Waals surface area contributed by atoms with Gasteiger partial charge >= 0.3 is 11.8 Å². The fraction of sp³-hybridized carbons (Fsp3) is 0.179. The van der Waals surface area contributed by atoms with E-state index in [1.54, 1.807) is 48.8 Å². The van der Waals surface area contributed by atoms with E-state index in [0.717, 1.165) is 21.0 Å². The highest BCUT2D eigenvalue weighted by atomic mass is 32.2. The highest BCUT2D eigenvalue weighted by Crippen LogP contribution is 2.31. The second-order valence-electron chi connectivity index (χ2n) is 9.66. The van der Waals surface area contributed by atoms with Gasteiger partial charge in [-0.05, 0) is 53.3 Å². The number of nitrogens with one attached hydrogen (secondary N) is 2. The number of sulfonamides is 1. The molecule has 0 unspecified atom stereocenters. The third-order valence-electron chi connectivity index (χ3n) is 6.71. The van der Waals surface area contributed by atoms with Crippen molar-refractivity contribution in [3.63, 3.8) is 0 Å². The van der Waals surface area contributed by atoms with Gasteiger partial charge in [-0.15, -0.1) is 0 Å². The monoisotopic (exact) mass is 555 g/mol. The molecule has 1 aliphatic rings. The highest BCUT2D eigenvalue weighted by molar-refractivity contribution is 7.88. The molecule has 0 spiro atoms. The summed E-state index contributed by atoms with van der Waals surface area (Å²) in [7, 11) is -3.71. The van der Waals surface area contributed by atoms with Gasteiger partial charge in [0, 0.05) is 35.2 Å². The number of benzene rings is 2. The quantitative estimate of drug-likeness (QED) is 0.240. The molecule has 1 saturated heterocycles. The number of carbonyl (C=O) groups is 2. The molecule has 3 heterocycles. The zero-order chi connectivity index (χ0) is 28.5. The second-order valence-corrected chi connectivity index (χ2v) is 11.6. The van der Waals surface area contributed by atoms with Gasteiger partial charge in [-0.2, -0.15) is 9.57 Å². The van der Waals surface area contributed by atoms with E-state index < -0.39 is 27.4 Å². The van der Waals surface area contributed by atoms with Crippen molar-refractivity contribution in [2.45, 2.75) is 18.2 Å².